The van der Waals surface area contributed by atoms with Crippen LogP contribution in [0.25, 0.3) is 0 Å². The van der Waals surface area contributed by atoms with Crippen molar-refractivity contribution < 1.29 is 9.72 Å². The molecule has 142 valence electrons. The van der Waals surface area contributed by atoms with Crippen LogP contribution in [0.2, 0.25) is 0 Å². The number of benzene rings is 2. The number of nitrogens with zero attached hydrogens (tertiary/aromatic N) is 2. The molecular weight excluding hydrogens is 342 g/mol. The molecule has 6 heteroatoms. The van der Waals surface area contributed by atoms with Crippen LogP contribution in [0.1, 0.15) is 46.3 Å². The lowest BCUT2D eigenvalue weighted by molar-refractivity contribution is -0.385. The molecule has 2 aromatic rings. The van der Waals surface area contributed by atoms with Crippen LogP contribution in [0.3, 0.4) is 0 Å². The third kappa shape index (κ3) is 4.92. The Kier molecular flexibility index (Phi) is 6.19. The Morgan fingerprint density at radius 1 is 1.11 bits per heavy atom. The second kappa shape index (κ2) is 8.77. The highest BCUT2D eigenvalue weighted by Gasteiger charge is 2.15. The maximum atomic E-state index is 12.5. The molecule has 0 unspecified atom stereocenters. The van der Waals surface area contributed by atoms with Gasteiger partial charge in [0.15, 0.2) is 0 Å². The average molecular weight is 367 g/mol. The van der Waals surface area contributed by atoms with E-state index in [4.69, 9.17) is 0 Å². The molecule has 1 heterocycles. The Hall–Kier alpha value is -2.73. The van der Waals surface area contributed by atoms with Crippen molar-refractivity contribution in [1.82, 2.24) is 10.2 Å². The zero-order valence-corrected chi connectivity index (χ0v) is 15.6. The van der Waals surface area contributed by atoms with Gasteiger partial charge in [0.25, 0.3) is 11.6 Å². The molecular formula is C21H25N3O3. The smallest absolute Gasteiger partial charge is 0.272 e. The number of hydrogen-bond acceptors (Lipinski definition) is 4. The Morgan fingerprint density at radius 3 is 2.48 bits per heavy atom. The number of aryl methyl sites for hydroxylation is 1. The molecule has 0 bridgehead atoms. The number of amides is 1. The van der Waals surface area contributed by atoms with Crippen molar-refractivity contribution in [2.75, 3.05) is 13.1 Å². The summed E-state index contributed by atoms with van der Waals surface area (Å²) in [5, 5.41) is 13.9. The fourth-order valence-corrected chi connectivity index (χ4v) is 3.52. The average Bonchev–Trinajstić information content (AvgIpc) is 2.67. The van der Waals surface area contributed by atoms with Crippen molar-refractivity contribution in [2.45, 2.75) is 39.3 Å². The minimum atomic E-state index is -0.437. The summed E-state index contributed by atoms with van der Waals surface area (Å²) in [4.78, 5) is 25.4. The minimum absolute atomic E-state index is 0.0263. The summed E-state index contributed by atoms with van der Waals surface area (Å²) in [5.74, 6) is -0.222. The molecule has 1 fully saturated rings. The van der Waals surface area contributed by atoms with Crippen LogP contribution in [-0.2, 0) is 13.1 Å². The molecule has 0 atom stereocenters. The van der Waals surface area contributed by atoms with Crippen LogP contribution >= 0.6 is 0 Å². The van der Waals surface area contributed by atoms with Gasteiger partial charge in [-0.05, 0) is 56.1 Å². The molecule has 0 saturated carbocycles. The predicted octanol–water partition coefficient (Wildman–Crippen LogP) is 3.82. The summed E-state index contributed by atoms with van der Waals surface area (Å²) in [6.45, 7) is 5.25. The largest absolute Gasteiger partial charge is 0.348 e. The number of nitro groups is 1. The van der Waals surface area contributed by atoms with Crippen LogP contribution in [0.5, 0.6) is 0 Å². The number of carbonyl (C=O) groups excluding carboxylic acids is 1. The van der Waals surface area contributed by atoms with E-state index in [1.807, 2.05) is 18.2 Å². The highest BCUT2D eigenvalue weighted by atomic mass is 16.6. The van der Waals surface area contributed by atoms with E-state index < -0.39 is 4.92 Å². The first-order valence-electron chi connectivity index (χ1n) is 9.37. The van der Waals surface area contributed by atoms with Gasteiger partial charge < -0.3 is 5.32 Å². The fraction of sp³-hybridized carbons (Fsp3) is 0.381. The number of rotatable bonds is 6. The van der Waals surface area contributed by atoms with E-state index in [1.54, 1.807) is 13.0 Å². The highest BCUT2D eigenvalue weighted by molar-refractivity contribution is 5.94. The van der Waals surface area contributed by atoms with E-state index in [-0.39, 0.29) is 11.6 Å². The van der Waals surface area contributed by atoms with Crippen molar-refractivity contribution in [1.29, 1.82) is 0 Å². The van der Waals surface area contributed by atoms with E-state index in [9.17, 15) is 14.9 Å². The van der Waals surface area contributed by atoms with Gasteiger partial charge in [0.05, 0.1) is 4.92 Å². The summed E-state index contributed by atoms with van der Waals surface area (Å²) in [7, 11) is 0. The van der Waals surface area contributed by atoms with Gasteiger partial charge in [0, 0.05) is 30.3 Å². The molecule has 0 spiro atoms. The second-order valence-electron chi connectivity index (χ2n) is 7.05. The standard InChI is InChI=1S/C21H25N3O3/c1-16-13-17(9-10-20(16)24(26)27)21(25)22-14-18-7-3-4-8-19(18)15-23-11-5-2-6-12-23/h3-4,7-10,13H,2,5-6,11-12,14-15H2,1H3,(H,22,25). The SMILES string of the molecule is Cc1cc(C(=O)NCc2ccccc2CN2CCCCC2)ccc1[N+](=O)[O-]. The summed E-state index contributed by atoms with van der Waals surface area (Å²) in [6, 6.07) is 12.6. The Balaban J connectivity index is 1.65. The zero-order valence-electron chi connectivity index (χ0n) is 15.6. The molecule has 1 saturated heterocycles. The monoisotopic (exact) mass is 367 g/mol. The maximum absolute atomic E-state index is 12.5. The predicted molar refractivity (Wildman–Crippen MR) is 105 cm³/mol. The Labute approximate surface area is 159 Å². The number of nitro benzene ring substituents is 1. The topological polar surface area (TPSA) is 75.5 Å². The molecule has 6 nitrogen and oxygen atoms in total. The van der Waals surface area contributed by atoms with Crippen LogP contribution in [0.4, 0.5) is 5.69 Å². The van der Waals surface area contributed by atoms with Crippen molar-refractivity contribution in [3.8, 4) is 0 Å². The number of likely N-dealkylation sites (tertiary alicyclic amines) is 1. The van der Waals surface area contributed by atoms with Gasteiger partial charge in [0.2, 0.25) is 0 Å². The Morgan fingerprint density at radius 2 is 1.81 bits per heavy atom. The number of piperidine rings is 1. The van der Waals surface area contributed by atoms with Gasteiger partial charge >= 0.3 is 0 Å². The van der Waals surface area contributed by atoms with E-state index in [0.717, 1.165) is 25.2 Å². The maximum Gasteiger partial charge on any atom is 0.272 e. The van der Waals surface area contributed by atoms with Gasteiger partial charge in [-0.1, -0.05) is 30.7 Å². The van der Waals surface area contributed by atoms with Gasteiger partial charge in [-0.15, -0.1) is 0 Å². The Bertz CT molecular complexity index is 829. The van der Waals surface area contributed by atoms with Crippen LogP contribution < -0.4 is 5.32 Å². The first-order valence-corrected chi connectivity index (χ1v) is 9.37. The molecule has 1 aliphatic heterocycles. The van der Waals surface area contributed by atoms with Crippen LogP contribution in [-0.4, -0.2) is 28.8 Å². The lowest BCUT2D eigenvalue weighted by Crippen LogP contribution is -2.30. The van der Waals surface area contributed by atoms with Crippen LogP contribution in [0, 0.1) is 17.0 Å². The molecule has 1 amide bonds. The van der Waals surface area contributed by atoms with E-state index >= 15 is 0 Å². The zero-order chi connectivity index (χ0) is 19.2. The third-order valence-electron chi connectivity index (χ3n) is 5.06. The summed E-state index contributed by atoms with van der Waals surface area (Å²) in [6.07, 6.45) is 3.81. The number of hydrogen-bond donors (Lipinski definition) is 1. The third-order valence-corrected chi connectivity index (χ3v) is 5.06. The molecule has 0 aliphatic carbocycles. The van der Waals surface area contributed by atoms with Gasteiger partial charge in [-0.3, -0.25) is 19.8 Å². The second-order valence-corrected chi connectivity index (χ2v) is 7.05. The van der Waals surface area contributed by atoms with E-state index in [0.29, 0.717) is 17.7 Å². The molecule has 3 rings (SSSR count). The van der Waals surface area contributed by atoms with E-state index in [1.165, 1.54) is 37.0 Å². The van der Waals surface area contributed by atoms with Crippen molar-refractivity contribution in [3.05, 3.63) is 74.8 Å². The van der Waals surface area contributed by atoms with Crippen LogP contribution in [0.15, 0.2) is 42.5 Å². The van der Waals surface area contributed by atoms with Gasteiger partial charge in [0.1, 0.15) is 0 Å². The van der Waals surface area contributed by atoms with Crippen molar-refractivity contribution >= 4 is 11.6 Å². The first kappa shape index (κ1) is 19.0. The molecule has 0 aromatic heterocycles. The quantitative estimate of drug-likeness (QED) is 0.622. The normalized spacial score (nSPS) is 14.7. The summed E-state index contributed by atoms with van der Waals surface area (Å²) in [5.41, 5.74) is 3.29. The first-order chi connectivity index (χ1) is 13.0. The molecule has 27 heavy (non-hydrogen) atoms. The van der Waals surface area contributed by atoms with Crippen molar-refractivity contribution in [3.63, 3.8) is 0 Å². The van der Waals surface area contributed by atoms with Gasteiger partial charge in [-0.2, -0.15) is 0 Å². The summed E-state index contributed by atoms with van der Waals surface area (Å²) < 4.78 is 0. The molecule has 1 N–H and O–H groups in total. The number of carbonyl (C=O) groups is 1. The molecule has 1 aliphatic rings. The van der Waals surface area contributed by atoms with Gasteiger partial charge in [-0.25, -0.2) is 0 Å². The lowest BCUT2D eigenvalue weighted by atomic mass is 10.0. The highest BCUT2D eigenvalue weighted by Crippen LogP contribution is 2.19. The summed E-state index contributed by atoms with van der Waals surface area (Å²) >= 11 is 0. The van der Waals surface area contributed by atoms with E-state index in [2.05, 4.69) is 16.3 Å². The minimum Gasteiger partial charge on any atom is -0.348 e. The molecule has 0 radical (unpaired) electrons. The fourth-order valence-electron chi connectivity index (χ4n) is 3.52. The number of nitrogens with one attached hydrogen (secondary N) is 1. The van der Waals surface area contributed by atoms with Crippen molar-refractivity contribution in [2.24, 2.45) is 0 Å². The molecule has 2 aromatic carbocycles. The lowest BCUT2D eigenvalue weighted by Gasteiger charge is -2.27.